The molecule has 0 aliphatic carbocycles. The molecule has 2 N–H and O–H groups in total. The molecule has 1 rings (SSSR count). The molecular weight excluding hydrogens is 172 g/mol. The fourth-order valence-corrected chi connectivity index (χ4v) is 0.861. The van der Waals surface area contributed by atoms with Crippen LogP contribution >= 0.6 is 0 Å². The number of aliphatic hydroxyl groups excluding tert-OH is 1. The number of amides is 1. The van der Waals surface area contributed by atoms with Gasteiger partial charge in [0.25, 0.3) is 0 Å². The first kappa shape index (κ1) is 9.66. The van der Waals surface area contributed by atoms with E-state index >= 15 is 0 Å². The van der Waals surface area contributed by atoms with Gasteiger partial charge in [0.1, 0.15) is 5.69 Å². The molecule has 13 heavy (non-hydrogen) atoms. The Morgan fingerprint density at radius 1 is 1.77 bits per heavy atom. The molecule has 1 aromatic rings. The maximum atomic E-state index is 10.8. The van der Waals surface area contributed by atoms with E-state index in [4.69, 9.17) is 5.11 Å². The molecule has 0 fully saturated rings. The SMILES string of the molecule is CNC(=O)CCn1cc(CO)nn1. The van der Waals surface area contributed by atoms with Crippen molar-refractivity contribution in [1.29, 1.82) is 0 Å². The van der Waals surface area contributed by atoms with E-state index in [0.29, 0.717) is 18.7 Å². The predicted molar refractivity (Wildman–Crippen MR) is 44.6 cm³/mol. The number of carbonyl (C=O) groups excluding carboxylic acids is 1. The van der Waals surface area contributed by atoms with Gasteiger partial charge in [-0.1, -0.05) is 5.21 Å². The zero-order valence-electron chi connectivity index (χ0n) is 7.40. The number of aliphatic hydroxyl groups is 1. The summed E-state index contributed by atoms with van der Waals surface area (Å²) in [6.45, 7) is 0.354. The van der Waals surface area contributed by atoms with Gasteiger partial charge in [-0.25, -0.2) is 0 Å². The fraction of sp³-hybridized carbons (Fsp3) is 0.571. The molecule has 0 saturated carbocycles. The zero-order chi connectivity index (χ0) is 9.68. The zero-order valence-corrected chi connectivity index (χ0v) is 7.40. The number of aryl methyl sites for hydroxylation is 1. The summed E-state index contributed by atoms with van der Waals surface area (Å²) in [5.74, 6) is -0.0407. The van der Waals surface area contributed by atoms with Crippen molar-refractivity contribution in [2.75, 3.05) is 7.05 Å². The third kappa shape index (κ3) is 2.83. The largest absolute Gasteiger partial charge is 0.390 e. The maximum absolute atomic E-state index is 10.8. The monoisotopic (exact) mass is 184 g/mol. The molecule has 0 aliphatic heterocycles. The summed E-state index contributed by atoms with van der Waals surface area (Å²) in [5.41, 5.74) is 0.511. The van der Waals surface area contributed by atoms with Gasteiger partial charge in [0.05, 0.1) is 19.3 Å². The van der Waals surface area contributed by atoms with E-state index in [2.05, 4.69) is 15.6 Å². The second kappa shape index (κ2) is 4.56. The van der Waals surface area contributed by atoms with Crippen molar-refractivity contribution in [2.24, 2.45) is 0 Å². The van der Waals surface area contributed by atoms with E-state index in [1.165, 1.54) is 4.68 Å². The molecule has 0 aromatic carbocycles. The Morgan fingerprint density at radius 2 is 2.54 bits per heavy atom. The Balaban J connectivity index is 2.41. The molecule has 72 valence electrons. The van der Waals surface area contributed by atoms with Gasteiger partial charge in [-0.15, -0.1) is 5.10 Å². The first-order valence-electron chi connectivity index (χ1n) is 3.96. The normalized spacial score (nSPS) is 10.0. The molecule has 0 spiro atoms. The first-order valence-corrected chi connectivity index (χ1v) is 3.96. The van der Waals surface area contributed by atoms with Crippen molar-refractivity contribution in [3.05, 3.63) is 11.9 Å². The lowest BCUT2D eigenvalue weighted by Crippen LogP contribution is -2.19. The summed E-state index contributed by atoms with van der Waals surface area (Å²) in [7, 11) is 1.59. The predicted octanol–water partition coefficient (Wildman–Crippen LogP) is -1.09. The molecule has 0 saturated heterocycles. The van der Waals surface area contributed by atoms with E-state index in [1.54, 1.807) is 13.2 Å². The van der Waals surface area contributed by atoms with Gasteiger partial charge in [0.15, 0.2) is 0 Å². The minimum Gasteiger partial charge on any atom is -0.390 e. The van der Waals surface area contributed by atoms with E-state index in [1.807, 2.05) is 0 Å². The van der Waals surface area contributed by atoms with Crippen LogP contribution in [0, 0.1) is 0 Å². The lowest BCUT2D eigenvalue weighted by molar-refractivity contribution is -0.120. The van der Waals surface area contributed by atoms with E-state index < -0.39 is 0 Å². The van der Waals surface area contributed by atoms with Crippen molar-refractivity contribution in [3.8, 4) is 0 Å². The number of aromatic nitrogens is 3. The highest BCUT2D eigenvalue weighted by molar-refractivity contribution is 5.75. The number of hydrogen-bond acceptors (Lipinski definition) is 4. The minimum atomic E-state index is -0.125. The highest BCUT2D eigenvalue weighted by Crippen LogP contribution is 1.93. The molecule has 0 radical (unpaired) electrons. The second-order valence-corrected chi connectivity index (χ2v) is 2.55. The van der Waals surface area contributed by atoms with Crippen LogP contribution in [0.3, 0.4) is 0 Å². The van der Waals surface area contributed by atoms with E-state index in [-0.39, 0.29) is 12.5 Å². The number of carbonyl (C=O) groups is 1. The number of nitrogens with zero attached hydrogens (tertiary/aromatic N) is 3. The van der Waals surface area contributed by atoms with Gasteiger partial charge in [-0.2, -0.15) is 0 Å². The first-order chi connectivity index (χ1) is 6.26. The van der Waals surface area contributed by atoms with Crippen LogP contribution in [0.25, 0.3) is 0 Å². The summed E-state index contributed by atoms with van der Waals surface area (Å²) in [5, 5.41) is 18.6. The molecule has 1 heterocycles. The smallest absolute Gasteiger partial charge is 0.221 e. The standard InChI is InChI=1S/C7H12N4O2/c1-8-7(13)2-3-11-4-6(5-12)9-10-11/h4,12H,2-3,5H2,1H3,(H,8,13). The van der Waals surface area contributed by atoms with Crippen LogP contribution in [-0.2, 0) is 17.9 Å². The molecule has 0 atom stereocenters. The Hall–Kier alpha value is -1.43. The average Bonchev–Trinajstić information content (AvgIpc) is 2.61. The Labute approximate surface area is 75.6 Å². The van der Waals surface area contributed by atoms with Gasteiger partial charge in [-0.05, 0) is 0 Å². The Morgan fingerprint density at radius 3 is 3.08 bits per heavy atom. The summed E-state index contributed by atoms with van der Waals surface area (Å²) in [6, 6.07) is 0. The molecule has 6 heteroatoms. The molecule has 0 unspecified atom stereocenters. The maximum Gasteiger partial charge on any atom is 0.221 e. The van der Waals surface area contributed by atoms with Crippen molar-refractivity contribution < 1.29 is 9.90 Å². The second-order valence-electron chi connectivity index (χ2n) is 2.55. The number of rotatable bonds is 4. The fourth-order valence-electron chi connectivity index (χ4n) is 0.861. The van der Waals surface area contributed by atoms with Gasteiger partial charge < -0.3 is 10.4 Å². The van der Waals surface area contributed by atoms with E-state index in [0.717, 1.165) is 0 Å². The molecule has 0 bridgehead atoms. The third-order valence-electron chi connectivity index (χ3n) is 1.59. The Bertz CT molecular complexity index is 284. The topological polar surface area (TPSA) is 80.0 Å². The highest BCUT2D eigenvalue weighted by Gasteiger charge is 2.01. The molecule has 6 nitrogen and oxygen atoms in total. The number of nitrogens with one attached hydrogen (secondary N) is 1. The van der Waals surface area contributed by atoms with Crippen LogP contribution in [0.15, 0.2) is 6.20 Å². The van der Waals surface area contributed by atoms with E-state index in [9.17, 15) is 4.79 Å². The molecule has 1 amide bonds. The van der Waals surface area contributed by atoms with Crippen LogP contribution in [0.4, 0.5) is 0 Å². The quantitative estimate of drug-likeness (QED) is 0.623. The minimum absolute atomic E-state index is 0.0407. The van der Waals surface area contributed by atoms with Crippen LogP contribution in [0.5, 0.6) is 0 Å². The van der Waals surface area contributed by atoms with Gasteiger partial charge in [0, 0.05) is 13.5 Å². The van der Waals surface area contributed by atoms with Crippen molar-refractivity contribution in [1.82, 2.24) is 20.3 Å². The number of hydrogen-bond donors (Lipinski definition) is 2. The van der Waals surface area contributed by atoms with Gasteiger partial charge in [-0.3, -0.25) is 9.48 Å². The van der Waals surface area contributed by atoms with Gasteiger partial charge in [0.2, 0.25) is 5.91 Å². The third-order valence-corrected chi connectivity index (χ3v) is 1.59. The Kier molecular flexibility index (Phi) is 3.39. The molecular formula is C7H12N4O2. The molecule has 0 aliphatic rings. The summed E-state index contributed by atoms with van der Waals surface area (Å²) in [4.78, 5) is 10.8. The van der Waals surface area contributed by atoms with Crippen LogP contribution in [-0.4, -0.2) is 33.1 Å². The lowest BCUT2D eigenvalue weighted by atomic mass is 10.4. The van der Waals surface area contributed by atoms with Crippen molar-refractivity contribution in [2.45, 2.75) is 19.6 Å². The van der Waals surface area contributed by atoms with Crippen molar-refractivity contribution >= 4 is 5.91 Å². The average molecular weight is 184 g/mol. The lowest BCUT2D eigenvalue weighted by Gasteiger charge is -1.98. The molecule has 1 aromatic heterocycles. The van der Waals surface area contributed by atoms with Crippen molar-refractivity contribution in [3.63, 3.8) is 0 Å². The summed E-state index contributed by atoms with van der Waals surface area (Å²) in [6.07, 6.45) is 1.98. The van der Waals surface area contributed by atoms with Crippen LogP contribution in [0.1, 0.15) is 12.1 Å². The van der Waals surface area contributed by atoms with Gasteiger partial charge >= 0.3 is 0 Å². The van der Waals surface area contributed by atoms with Crippen LogP contribution in [0.2, 0.25) is 0 Å². The summed E-state index contributed by atoms with van der Waals surface area (Å²) < 4.78 is 1.53. The highest BCUT2D eigenvalue weighted by atomic mass is 16.3. The summed E-state index contributed by atoms with van der Waals surface area (Å²) >= 11 is 0. The van der Waals surface area contributed by atoms with Crippen LogP contribution < -0.4 is 5.32 Å².